The Labute approximate surface area is 163 Å². The molecule has 0 aromatic heterocycles. The van der Waals surface area contributed by atoms with Gasteiger partial charge < -0.3 is 20.1 Å². The molecular weight excluding hydrogens is 456 g/mol. The van der Waals surface area contributed by atoms with Crippen LogP contribution in [0.5, 0.6) is 5.75 Å². The number of carbonyl (C=O) groups is 2. The summed E-state index contributed by atoms with van der Waals surface area (Å²) in [4.78, 5) is 24.3. The van der Waals surface area contributed by atoms with E-state index in [0.29, 0.717) is 23.4 Å². The molecule has 2 N–H and O–H groups in total. The number of halogens is 2. The first-order valence-corrected chi connectivity index (χ1v) is 9.41. The maximum atomic E-state index is 12.3. The van der Waals surface area contributed by atoms with Gasteiger partial charge in [-0.3, -0.25) is 0 Å². The number of hydrogen-bond donors (Lipinski definition) is 2. The van der Waals surface area contributed by atoms with Gasteiger partial charge in [0.15, 0.2) is 0 Å². The lowest BCUT2D eigenvalue weighted by Crippen LogP contribution is -2.45. The first-order chi connectivity index (χ1) is 11.8. The summed E-state index contributed by atoms with van der Waals surface area (Å²) in [6.45, 7) is 5.74. The van der Waals surface area contributed by atoms with E-state index in [1.165, 1.54) is 7.11 Å². The summed E-state index contributed by atoms with van der Waals surface area (Å²) in [5.74, 6) is 0.183. The zero-order valence-corrected chi connectivity index (χ0v) is 17.6. The van der Waals surface area contributed by atoms with E-state index in [4.69, 9.17) is 9.47 Å². The summed E-state index contributed by atoms with van der Waals surface area (Å²) in [6.07, 6.45) is 0.514. The number of amides is 2. The Kier molecular flexibility index (Phi) is 6.51. The molecule has 2 rings (SSSR count). The molecule has 0 radical (unpaired) electrons. The van der Waals surface area contributed by atoms with Crippen LogP contribution in [-0.4, -0.2) is 25.2 Å². The van der Waals surface area contributed by atoms with Crippen LogP contribution in [0.3, 0.4) is 0 Å². The third-order valence-electron chi connectivity index (χ3n) is 3.62. The Hall–Kier alpha value is -1.54. The minimum atomic E-state index is -0.614. The molecule has 1 aliphatic heterocycles. The van der Waals surface area contributed by atoms with Crippen LogP contribution in [0.1, 0.15) is 38.8 Å². The molecule has 8 heteroatoms. The highest BCUT2D eigenvalue weighted by atomic mass is 79.9. The van der Waals surface area contributed by atoms with Gasteiger partial charge in [-0.2, -0.15) is 0 Å². The molecule has 1 aliphatic rings. The maximum Gasteiger partial charge on any atom is 0.337 e. The van der Waals surface area contributed by atoms with Crippen molar-refractivity contribution < 1.29 is 19.1 Å². The van der Waals surface area contributed by atoms with Crippen molar-refractivity contribution in [3.05, 3.63) is 37.9 Å². The number of rotatable bonds is 5. The van der Waals surface area contributed by atoms with Crippen molar-refractivity contribution in [2.24, 2.45) is 0 Å². The van der Waals surface area contributed by atoms with Crippen molar-refractivity contribution in [1.29, 1.82) is 0 Å². The van der Waals surface area contributed by atoms with Crippen molar-refractivity contribution in [2.45, 2.75) is 39.3 Å². The Balaban J connectivity index is 2.54. The van der Waals surface area contributed by atoms with Crippen LogP contribution in [0.25, 0.3) is 0 Å². The maximum absolute atomic E-state index is 12.3. The summed E-state index contributed by atoms with van der Waals surface area (Å²) in [5, 5.41) is 5.46. The molecule has 1 atom stereocenters. The highest BCUT2D eigenvalue weighted by Gasteiger charge is 2.33. The van der Waals surface area contributed by atoms with Crippen molar-refractivity contribution in [3.63, 3.8) is 0 Å². The molecule has 2 amide bonds. The van der Waals surface area contributed by atoms with Crippen LogP contribution in [-0.2, 0) is 9.53 Å². The van der Waals surface area contributed by atoms with Crippen LogP contribution >= 0.6 is 31.9 Å². The number of nitrogens with one attached hydrogen (secondary N) is 2. The zero-order valence-electron chi connectivity index (χ0n) is 14.4. The third kappa shape index (κ3) is 4.36. The van der Waals surface area contributed by atoms with E-state index in [-0.39, 0.29) is 12.1 Å². The predicted octanol–water partition coefficient (Wildman–Crippen LogP) is 4.19. The highest BCUT2D eigenvalue weighted by Crippen LogP contribution is 2.39. The number of benzene rings is 1. The van der Waals surface area contributed by atoms with Crippen molar-refractivity contribution in [3.8, 4) is 5.75 Å². The van der Waals surface area contributed by atoms with E-state index in [1.54, 1.807) is 0 Å². The Morgan fingerprint density at radius 1 is 1.28 bits per heavy atom. The van der Waals surface area contributed by atoms with Gasteiger partial charge in [0, 0.05) is 5.70 Å². The fraction of sp³-hybridized carbons (Fsp3) is 0.412. The molecular formula is C17H20Br2N2O4. The van der Waals surface area contributed by atoms with Crippen LogP contribution < -0.4 is 15.4 Å². The number of esters is 1. The minimum absolute atomic E-state index is 0.00857. The fourth-order valence-electron chi connectivity index (χ4n) is 2.59. The van der Waals surface area contributed by atoms with Crippen molar-refractivity contribution >= 4 is 43.9 Å². The minimum Gasteiger partial charge on any atom is -0.489 e. The van der Waals surface area contributed by atoms with Gasteiger partial charge in [0.05, 0.1) is 33.8 Å². The van der Waals surface area contributed by atoms with Gasteiger partial charge in [0.1, 0.15) is 5.75 Å². The molecule has 136 valence electrons. The largest absolute Gasteiger partial charge is 0.489 e. The molecule has 1 unspecified atom stereocenters. The fourth-order valence-corrected chi connectivity index (χ4v) is 4.00. The van der Waals surface area contributed by atoms with E-state index >= 15 is 0 Å². The van der Waals surface area contributed by atoms with Gasteiger partial charge >= 0.3 is 12.0 Å². The van der Waals surface area contributed by atoms with Gasteiger partial charge in [0.25, 0.3) is 0 Å². The quantitative estimate of drug-likeness (QED) is 0.626. The van der Waals surface area contributed by atoms with E-state index < -0.39 is 12.0 Å². The second-order valence-corrected chi connectivity index (χ2v) is 7.46. The van der Waals surface area contributed by atoms with Gasteiger partial charge in [-0.1, -0.05) is 6.92 Å². The van der Waals surface area contributed by atoms with Gasteiger partial charge in [-0.25, -0.2) is 9.59 Å². The number of ether oxygens (including phenoxy) is 2. The van der Waals surface area contributed by atoms with E-state index in [9.17, 15) is 9.59 Å². The molecule has 0 aliphatic carbocycles. The SMILES string of the molecule is CCC1=C(C(=O)OC)C(c2cc(Br)c(OC(C)C)c(Br)c2)NC(=O)N1. The van der Waals surface area contributed by atoms with E-state index in [1.807, 2.05) is 32.9 Å². The lowest BCUT2D eigenvalue weighted by molar-refractivity contribution is -0.136. The van der Waals surface area contributed by atoms with Gasteiger partial charge in [-0.05, 0) is 69.8 Å². The Morgan fingerprint density at radius 3 is 2.36 bits per heavy atom. The Bertz CT molecular complexity index is 708. The summed E-state index contributed by atoms with van der Waals surface area (Å²) >= 11 is 7.00. The predicted molar refractivity (Wildman–Crippen MR) is 101 cm³/mol. The molecule has 0 spiro atoms. The number of allylic oxidation sites excluding steroid dienone is 1. The Morgan fingerprint density at radius 2 is 1.88 bits per heavy atom. The number of hydrogen-bond acceptors (Lipinski definition) is 4. The van der Waals surface area contributed by atoms with Crippen molar-refractivity contribution in [2.75, 3.05) is 7.11 Å². The molecule has 6 nitrogen and oxygen atoms in total. The molecule has 0 bridgehead atoms. The molecule has 1 heterocycles. The number of carbonyl (C=O) groups excluding carboxylic acids is 2. The molecule has 0 saturated carbocycles. The summed E-state index contributed by atoms with van der Waals surface area (Å²) in [7, 11) is 1.32. The zero-order chi connectivity index (χ0) is 18.7. The summed E-state index contributed by atoms with van der Waals surface area (Å²) in [6, 6.07) is 2.69. The normalized spacial score (nSPS) is 17.2. The van der Waals surface area contributed by atoms with E-state index in [2.05, 4.69) is 42.5 Å². The lowest BCUT2D eigenvalue weighted by atomic mass is 9.94. The van der Waals surface area contributed by atoms with Gasteiger partial charge in [-0.15, -0.1) is 0 Å². The van der Waals surface area contributed by atoms with Crippen LogP contribution in [0.15, 0.2) is 32.3 Å². The third-order valence-corrected chi connectivity index (χ3v) is 4.80. The molecule has 0 saturated heterocycles. The molecule has 25 heavy (non-hydrogen) atoms. The average Bonchev–Trinajstić information content (AvgIpc) is 2.56. The standard InChI is InChI=1S/C17H20Br2N2O4/c1-5-12-13(16(22)24-4)14(21-17(23)20-12)9-6-10(18)15(11(19)7-9)25-8(2)3/h6-8,14H,5H2,1-4H3,(H2,20,21,23). The molecule has 1 aromatic carbocycles. The number of methoxy groups -OCH3 is 1. The topological polar surface area (TPSA) is 76.7 Å². The monoisotopic (exact) mass is 474 g/mol. The lowest BCUT2D eigenvalue weighted by Gasteiger charge is -2.29. The average molecular weight is 476 g/mol. The summed E-state index contributed by atoms with van der Waals surface area (Å²) in [5.41, 5.74) is 1.67. The van der Waals surface area contributed by atoms with Crippen LogP contribution in [0.2, 0.25) is 0 Å². The summed E-state index contributed by atoms with van der Waals surface area (Å²) < 4.78 is 12.1. The highest BCUT2D eigenvalue weighted by molar-refractivity contribution is 9.11. The van der Waals surface area contributed by atoms with Crippen LogP contribution in [0.4, 0.5) is 4.79 Å². The second kappa shape index (κ2) is 8.23. The number of urea groups is 1. The second-order valence-electron chi connectivity index (χ2n) is 5.75. The smallest absolute Gasteiger partial charge is 0.337 e. The first kappa shape index (κ1) is 19.8. The first-order valence-electron chi connectivity index (χ1n) is 7.82. The van der Waals surface area contributed by atoms with E-state index in [0.717, 1.165) is 14.5 Å². The molecule has 0 fully saturated rings. The molecule has 1 aromatic rings. The van der Waals surface area contributed by atoms with Crippen LogP contribution in [0, 0.1) is 0 Å². The van der Waals surface area contributed by atoms with Crippen molar-refractivity contribution in [1.82, 2.24) is 10.6 Å². The van der Waals surface area contributed by atoms with Gasteiger partial charge in [0.2, 0.25) is 0 Å².